The van der Waals surface area contributed by atoms with Gasteiger partial charge in [0, 0.05) is 17.1 Å². The Bertz CT molecular complexity index is 564. The molecule has 0 aromatic heterocycles. The van der Waals surface area contributed by atoms with Gasteiger partial charge in [-0.15, -0.1) is 11.8 Å². The number of halogens is 3. The van der Waals surface area contributed by atoms with Gasteiger partial charge < -0.3 is 5.32 Å². The van der Waals surface area contributed by atoms with E-state index in [0.717, 1.165) is 16.6 Å². The Labute approximate surface area is 120 Å². The summed E-state index contributed by atoms with van der Waals surface area (Å²) in [5.74, 6) is 0. The molecule has 0 saturated carbocycles. The van der Waals surface area contributed by atoms with Crippen LogP contribution in [0.3, 0.4) is 0 Å². The molecule has 5 heteroatoms. The molecule has 2 aromatic carbocycles. The van der Waals surface area contributed by atoms with E-state index >= 15 is 0 Å². The lowest BCUT2D eigenvalue weighted by atomic mass is 10.1. The van der Waals surface area contributed by atoms with Gasteiger partial charge in [-0.1, -0.05) is 12.1 Å². The number of thioether (sulfide) groups is 1. The van der Waals surface area contributed by atoms with E-state index in [-0.39, 0.29) is 0 Å². The van der Waals surface area contributed by atoms with Crippen LogP contribution in [-0.2, 0) is 12.7 Å². The summed E-state index contributed by atoms with van der Waals surface area (Å²) in [7, 11) is 0. The quantitative estimate of drug-likeness (QED) is 0.793. The zero-order valence-corrected chi connectivity index (χ0v) is 11.7. The molecule has 0 fully saturated rings. The molecule has 0 unspecified atom stereocenters. The zero-order valence-electron chi connectivity index (χ0n) is 10.9. The Morgan fingerprint density at radius 3 is 2.35 bits per heavy atom. The van der Waals surface area contributed by atoms with Gasteiger partial charge in [0.1, 0.15) is 0 Å². The van der Waals surface area contributed by atoms with Crippen molar-refractivity contribution in [2.24, 2.45) is 0 Å². The maximum atomic E-state index is 12.6. The molecule has 0 saturated heterocycles. The van der Waals surface area contributed by atoms with Crippen LogP contribution in [0.15, 0.2) is 53.4 Å². The van der Waals surface area contributed by atoms with Gasteiger partial charge in [-0.2, -0.15) is 13.2 Å². The van der Waals surface area contributed by atoms with E-state index < -0.39 is 11.7 Å². The van der Waals surface area contributed by atoms with Crippen LogP contribution in [0.2, 0.25) is 0 Å². The molecule has 0 spiro atoms. The van der Waals surface area contributed by atoms with Crippen molar-refractivity contribution < 1.29 is 13.2 Å². The van der Waals surface area contributed by atoms with Crippen LogP contribution in [0.25, 0.3) is 0 Å². The minimum atomic E-state index is -4.30. The van der Waals surface area contributed by atoms with Crippen LogP contribution < -0.4 is 5.32 Å². The van der Waals surface area contributed by atoms with Crippen LogP contribution >= 0.6 is 11.8 Å². The minimum Gasteiger partial charge on any atom is -0.381 e. The summed E-state index contributed by atoms with van der Waals surface area (Å²) in [5, 5.41) is 3.11. The summed E-state index contributed by atoms with van der Waals surface area (Å²) in [5.41, 5.74) is 0.878. The highest BCUT2D eigenvalue weighted by Crippen LogP contribution is 2.29. The smallest absolute Gasteiger partial charge is 0.381 e. The molecule has 0 aliphatic heterocycles. The van der Waals surface area contributed by atoms with Gasteiger partial charge in [-0.25, -0.2) is 0 Å². The molecule has 1 N–H and O–H groups in total. The number of hydrogen-bond acceptors (Lipinski definition) is 2. The van der Waals surface area contributed by atoms with Gasteiger partial charge in [0.2, 0.25) is 0 Å². The first-order valence-electron chi connectivity index (χ1n) is 6.03. The van der Waals surface area contributed by atoms with E-state index in [1.54, 1.807) is 17.8 Å². The first-order valence-corrected chi connectivity index (χ1v) is 7.25. The van der Waals surface area contributed by atoms with E-state index in [2.05, 4.69) is 5.32 Å². The fraction of sp³-hybridized carbons (Fsp3) is 0.200. The third-order valence-corrected chi connectivity index (χ3v) is 3.58. The lowest BCUT2D eigenvalue weighted by Crippen LogP contribution is -2.06. The average Bonchev–Trinajstić information content (AvgIpc) is 2.45. The maximum absolute atomic E-state index is 12.6. The van der Waals surface area contributed by atoms with Crippen LogP contribution in [0, 0.1) is 0 Å². The Balaban J connectivity index is 2.03. The van der Waals surface area contributed by atoms with Gasteiger partial charge >= 0.3 is 6.18 Å². The van der Waals surface area contributed by atoms with E-state index in [9.17, 15) is 13.2 Å². The van der Waals surface area contributed by atoms with E-state index in [4.69, 9.17) is 0 Å². The standard InChI is InChI=1S/C15H14F3NS/c1-20-14-7-5-13(6-8-14)19-10-11-3-2-4-12(9-11)15(16,17)18/h2-9,19H,10H2,1H3. The highest BCUT2D eigenvalue weighted by molar-refractivity contribution is 7.98. The third-order valence-electron chi connectivity index (χ3n) is 2.84. The minimum absolute atomic E-state index is 0.364. The SMILES string of the molecule is CSc1ccc(NCc2cccc(C(F)(F)F)c2)cc1. The summed E-state index contributed by atoms with van der Waals surface area (Å²) in [6.07, 6.45) is -2.30. The molecule has 0 aliphatic carbocycles. The van der Waals surface area contributed by atoms with Gasteiger partial charge in [-0.05, 0) is 48.2 Å². The van der Waals surface area contributed by atoms with Crippen LogP contribution in [0.5, 0.6) is 0 Å². The fourth-order valence-electron chi connectivity index (χ4n) is 1.77. The number of rotatable bonds is 4. The summed E-state index contributed by atoms with van der Waals surface area (Å²) >= 11 is 1.64. The normalized spacial score (nSPS) is 11.4. The highest BCUT2D eigenvalue weighted by atomic mass is 32.2. The second-order valence-electron chi connectivity index (χ2n) is 4.28. The number of nitrogens with one attached hydrogen (secondary N) is 1. The highest BCUT2D eigenvalue weighted by Gasteiger charge is 2.30. The molecule has 0 radical (unpaired) electrons. The number of anilines is 1. The topological polar surface area (TPSA) is 12.0 Å². The van der Waals surface area contributed by atoms with Crippen LogP contribution in [0.1, 0.15) is 11.1 Å². The first-order chi connectivity index (χ1) is 9.49. The molecule has 2 rings (SSSR count). The molecule has 2 aromatic rings. The van der Waals surface area contributed by atoms with Crippen molar-refractivity contribution in [2.75, 3.05) is 11.6 Å². The van der Waals surface area contributed by atoms with E-state index in [1.807, 2.05) is 30.5 Å². The van der Waals surface area contributed by atoms with Gasteiger partial charge in [0.05, 0.1) is 5.56 Å². The van der Waals surface area contributed by atoms with Gasteiger partial charge in [0.25, 0.3) is 0 Å². The largest absolute Gasteiger partial charge is 0.416 e. The first kappa shape index (κ1) is 14.8. The van der Waals surface area contributed by atoms with E-state index in [0.29, 0.717) is 12.1 Å². The summed E-state index contributed by atoms with van der Waals surface area (Å²) < 4.78 is 37.8. The second kappa shape index (κ2) is 6.22. The fourth-order valence-corrected chi connectivity index (χ4v) is 2.18. The average molecular weight is 297 g/mol. The summed E-state index contributed by atoms with van der Waals surface area (Å²) in [6, 6.07) is 13.1. The molecular formula is C15H14F3NS. The van der Waals surface area contributed by atoms with Crippen molar-refractivity contribution in [3.05, 3.63) is 59.7 Å². The molecule has 0 amide bonds. The Hall–Kier alpha value is -1.62. The van der Waals surface area contributed by atoms with Crippen molar-refractivity contribution in [3.8, 4) is 0 Å². The molecule has 0 bridgehead atoms. The number of alkyl halides is 3. The van der Waals surface area contributed by atoms with Crippen LogP contribution in [-0.4, -0.2) is 6.26 Å². The molecule has 1 nitrogen and oxygen atoms in total. The van der Waals surface area contributed by atoms with Crippen LogP contribution in [0.4, 0.5) is 18.9 Å². The zero-order chi connectivity index (χ0) is 14.6. The monoisotopic (exact) mass is 297 g/mol. The van der Waals surface area contributed by atoms with Gasteiger partial charge in [-0.3, -0.25) is 0 Å². The summed E-state index contributed by atoms with van der Waals surface area (Å²) in [6.45, 7) is 0.364. The molecule has 106 valence electrons. The van der Waals surface area contributed by atoms with Crippen molar-refractivity contribution >= 4 is 17.4 Å². The molecule has 0 aliphatic rings. The second-order valence-corrected chi connectivity index (χ2v) is 5.16. The Morgan fingerprint density at radius 2 is 1.75 bits per heavy atom. The maximum Gasteiger partial charge on any atom is 0.416 e. The van der Waals surface area contributed by atoms with Crippen molar-refractivity contribution in [1.29, 1.82) is 0 Å². The summed E-state index contributed by atoms with van der Waals surface area (Å²) in [4.78, 5) is 1.15. The molecule has 20 heavy (non-hydrogen) atoms. The van der Waals surface area contributed by atoms with Crippen molar-refractivity contribution in [3.63, 3.8) is 0 Å². The number of benzene rings is 2. The van der Waals surface area contributed by atoms with Crippen molar-refractivity contribution in [2.45, 2.75) is 17.6 Å². The Kier molecular flexibility index (Phi) is 4.60. The van der Waals surface area contributed by atoms with Crippen molar-refractivity contribution in [1.82, 2.24) is 0 Å². The lowest BCUT2D eigenvalue weighted by Gasteiger charge is -2.10. The predicted molar refractivity (Wildman–Crippen MR) is 77.0 cm³/mol. The third kappa shape index (κ3) is 3.93. The lowest BCUT2D eigenvalue weighted by molar-refractivity contribution is -0.137. The Morgan fingerprint density at radius 1 is 1.05 bits per heavy atom. The molecule has 0 atom stereocenters. The molecule has 0 heterocycles. The van der Waals surface area contributed by atoms with E-state index in [1.165, 1.54) is 12.1 Å². The molecular weight excluding hydrogens is 283 g/mol. The number of hydrogen-bond donors (Lipinski definition) is 1. The predicted octanol–water partition coefficient (Wildman–Crippen LogP) is 5.04. The van der Waals surface area contributed by atoms with Gasteiger partial charge in [0.15, 0.2) is 0 Å².